The molecule has 0 aliphatic heterocycles. The van der Waals surface area contributed by atoms with Crippen LogP contribution >= 0.6 is 11.6 Å². The number of halogens is 1. The average molecular weight is 390 g/mol. The summed E-state index contributed by atoms with van der Waals surface area (Å²) >= 11 is 6.11. The number of nitrogens with zero attached hydrogens (tertiary/aromatic N) is 2. The first-order chi connectivity index (χ1) is 12.3. The first-order valence-electron chi connectivity index (χ1n) is 8.16. The molecule has 3 aromatic rings. The lowest BCUT2D eigenvalue weighted by atomic mass is 10.2. The van der Waals surface area contributed by atoms with Gasteiger partial charge in [-0.25, -0.2) is 17.8 Å². The second kappa shape index (κ2) is 7.23. The van der Waals surface area contributed by atoms with Crippen LogP contribution in [0.5, 0.6) is 0 Å². The average Bonchev–Trinajstić information content (AvgIpc) is 2.90. The van der Waals surface area contributed by atoms with Crippen molar-refractivity contribution in [2.24, 2.45) is 0 Å². The third kappa shape index (κ3) is 3.67. The first kappa shape index (κ1) is 18.6. The summed E-state index contributed by atoms with van der Waals surface area (Å²) in [6.45, 7) is 5.57. The van der Waals surface area contributed by atoms with Gasteiger partial charge in [0.15, 0.2) is 0 Å². The van der Waals surface area contributed by atoms with Crippen molar-refractivity contribution < 1.29 is 8.42 Å². The number of hydrogen-bond acceptors (Lipinski definition) is 3. The summed E-state index contributed by atoms with van der Waals surface area (Å²) < 4.78 is 30.0. The molecule has 0 spiro atoms. The maximum Gasteiger partial charge on any atom is 0.244 e. The van der Waals surface area contributed by atoms with E-state index in [1.54, 1.807) is 36.7 Å². The van der Waals surface area contributed by atoms with Crippen molar-refractivity contribution in [3.8, 4) is 5.69 Å². The second-order valence-corrected chi connectivity index (χ2v) is 8.27. The molecule has 2 aromatic carbocycles. The monoisotopic (exact) mass is 389 g/mol. The third-order valence-electron chi connectivity index (χ3n) is 4.18. The zero-order valence-corrected chi connectivity index (χ0v) is 16.4. The van der Waals surface area contributed by atoms with Crippen molar-refractivity contribution >= 4 is 21.6 Å². The van der Waals surface area contributed by atoms with Gasteiger partial charge in [-0.3, -0.25) is 0 Å². The SMILES string of the molecule is Cc1ccc(-n2nc(C)c(S(=O)(=O)NCc3ccccc3Cl)c2C)cc1. The summed E-state index contributed by atoms with van der Waals surface area (Å²) in [5.41, 5.74) is 3.69. The van der Waals surface area contributed by atoms with Gasteiger partial charge in [0.05, 0.1) is 17.1 Å². The van der Waals surface area contributed by atoms with E-state index in [0.717, 1.165) is 16.8 Å². The zero-order chi connectivity index (χ0) is 18.9. The van der Waals surface area contributed by atoms with E-state index >= 15 is 0 Å². The fraction of sp³-hybridized carbons (Fsp3) is 0.211. The van der Waals surface area contributed by atoms with Crippen LogP contribution in [0, 0.1) is 20.8 Å². The Kier molecular flexibility index (Phi) is 5.18. The molecule has 1 aromatic heterocycles. The van der Waals surface area contributed by atoms with Crippen molar-refractivity contribution in [2.75, 3.05) is 0 Å². The van der Waals surface area contributed by atoms with Gasteiger partial charge in [0.25, 0.3) is 0 Å². The summed E-state index contributed by atoms with van der Waals surface area (Å²) in [7, 11) is -3.72. The molecule has 0 saturated heterocycles. The summed E-state index contributed by atoms with van der Waals surface area (Å²) in [4.78, 5) is 0.199. The van der Waals surface area contributed by atoms with E-state index in [1.807, 2.05) is 37.3 Å². The van der Waals surface area contributed by atoms with E-state index < -0.39 is 10.0 Å². The van der Waals surface area contributed by atoms with Crippen LogP contribution in [0.3, 0.4) is 0 Å². The standard InChI is InChI=1S/C19H20ClN3O2S/c1-13-8-10-17(11-9-13)23-15(3)19(14(2)22-23)26(24,25)21-12-16-6-4-5-7-18(16)20/h4-11,21H,12H2,1-3H3. The predicted molar refractivity (Wildman–Crippen MR) is 103 cm³/mol. The fourth-order valence-electron chi connectivity index (χ4n) is 2.84. The van der Waals surface area contributed by atoms with Gasteiger partial charge in [-0.15, -0.1) is 0 Å². The van der Waals surface area contributed by atoms with Gasteiger partial charge in [0.1, 0.15) is 4.90 Å². The Labute approximate surface area is 158 Å². The van der Waals surface area contributed by atoms with Crippen LogP contribution in [0.15, 0.2) is 53.4 Å². The zero-order valence-electron chi connectivity index (χ0n) is 14.8. The van der Waals surface area contributed by atoms with Gasteiger partial charge >= 0.3 is 0 Å². The highest BCUT2D eigenvalue weighted by Crippen LogP contribution is 2.23. The third-order valence-corrected chi connectivity index (χ3v) is 6.20. The first-order valence-corrected chi connectivity index (χ1v) is 10.0. The van der Waals surface area contributed by atoms with E-state index in [4.69, 9.17) is 11.6 Å². The molecule has 26 heavy (non-hydrogen) atoms. The van der Waals surface area contributed by atoms with Gasteiger partial charge in [0.2, 0.25) is 10.0 Å². The highest BCUT2D eigenvalue weighted by molar-refractivity contribution is 7.89. The lowest BCUT2D eigenvalue weighted by Crippen LogP contribution is -2.24. The summed E-state index contributed by atoms with van der Waals surface area (Å²) in [5.74, 6) is 0. The summed E-state index contributed by atoms with van der Waals surface area (Å²) in [6.07, 6.45) is 0. The molecular formula is C19H20ClN3O2S. The molecule has 1 N–H and O–H groups in total. The van der Waals surface area contributed by atoms with E-state index in [9.17, 15) is 8.42 Å². The molecule has 136 valence electrons. The van der Waals surface area contributed by atoms with Gasteiger partial charge in [-0.2, -0.15) is 5.10 Å². The molecule has 1 heterocycles. The quantitative estimate of drug-likeness (QED) is 0.719. The van der Waals surface area contributed by atoms with E-state index in [1.165, 1.54) is 0 Å². The van der Waals surface area contributed by atoms with Crippen molar-refractivity contribution in [3.05, 3.63) is 76.1 Å². The maximum absolute atomic E-state index is 12.8. The summed E-state index contributed by atoms with van der Waals surface area (Å²) in [6, 6.07) is 14.9. The van der Waals surface area contributed by atoms with Gasteiger partial charge < -0.3 is 0 Å². The molecule has 0 radical (unpaired) electrons. The van der Waals surface area contributed by atoms with Crippen LogP contribution in [0.1, 0.15) is 22.5 Å². The number of benzene rings is 2. The molecule has 0 amide bonds. The Bertz CT molecular complexity index is 1040. The number of sulfonamides is 1. The van der Waals surface area contributed by atoms with E-state index in [-0.39, 0.29) is 11.4 Å². The second-order valence-electron chi connectivity index (χ2n) is 6.16. The topological polar surface area (TPSA) is 64.0 Å². The Morgan fingerprint density at radius 2 is 1.69 bits per heavy atom. The molecule has 5 nitrogen and oxygen atoms in total. The van der Waals surface area contributed by atoms with Crippen LogP contribution in [0.2, 0.25) is 5.02 Å². The molecule has 0 unspecified atom stereocenters. The van der Waals surface area contributed by atoms with Crippen LogP contribution in [-0.4, -0.2) is 18.2 Å². The number of aromatic nitrogens is 2. The number of nitrogens with one attached hydrogen (secondary N) is 1. The fourth-order valence-corrected chi connectivity index (χ4v) is 4.44. The highest BCUT2D eigenvalue weighted by Gasteiger charge is 2.25. The molecular weight excluding hydrogens is 370 g/mol. The maximum atomic E-state index is 12.8. The van der Waals surface area contributed by atoms with Crippen LogP contribution in [0.25, 0.3) is 5.69 Å². The lowest BCUT2D eigenvalue weighted by Gasteiger charge is -2.09. The van der Waals surface area contributed by atoms with Crippen LogP contribution < -0.4 is 4.72 Å². The molecule has 0 bridgehead atoms. The van der Waals surface area contributed by atoms with E-state index in [2.05, 4.69) is 9.82 Å². The Morgan fingerprint density at radius 3 is 2.35 bits per heavy atom. The van der Waals surface area contributed by atoms with Gasteiger partial charge in [-0.1, -0.05) is 47.5 Å². The minimum atomic E-state index is -3.72. The molecule has 0 saturated carbocycles. The minimum Gasteiger partial charge on any atom is -0.236 e. The molecule has 0 aliphatic carbocycles. The van der Waals surface area contributed by atoms with Crippen molar-refractivity contribution in [2.45, 2.75) is 32.2 Å². The number of aryl methyl sites for hydroxylation is 2. The highest BCUT2D eigenvalue weighted by atomic mass is 35.5. The Balaban J connectivity index is 1.93. The Hall–Kier alpha value is -2.15. The van der Waals surface area contributed by atoms with Gasteiger partial charge in [0, 0.05) is 11.6 Å². The smallest absolute Gasteiger partial charge is 0.236 e. The Morgan fingerprint density at radius 1 is 1.04 bits per heavy atom. The molecule has 0 aliphatic rings. The minimum absolute atomic E-state index is 0.122. The molecule has 0 atom stereocenters. The van der Waals surface area contributed by atoms with Crippen molar-refractivity contribution in [3.63, 3.8) is 0 Å². The van der Waals surface area contributed by atoms with Gasteiger partial charge in [-0.05, 0) is 44.5 Å². The van der Waals surface area contributed by atoms with E-state index in [0.29, 0.717) is 16.4 Å². The number of rotatable bonds is 5. The largest absolute Gasteiger partial charge is 0.244 e. The summed E-state index contributed by atoms with van der Waals surface area (Å²) in [5, 5.41) is 4.95. The molecule has 7 heteroatoms. The predicted octanol–water partition coefficient (Wildman–Crippen LogP) is 3.93. The van der Waals surface area contributed by atoms with Crippen LogP contribution in [0.4, 0.5) is 0 Å². The van der Waals surface area contributed by atoms with Crippen molar-refractivity contribution in [1.29, 1.82) is 0 Å². The molecule has 0 fully saturated rings. The molecule has 3 rings (SSSR count). The number of hydrogen-bond donors (Lipinski definition) is 1. The van der Waals surface area contributed by atoms with Crippen molar-refractivity contribution in [1.82, 2.24) is 14.5 Å². The lowest BCUT2D eigenvalue weighted by molar-refractivity contribution is 0.580. The normalized spacial score (nSPS) is 11.7. The van der Waals surface area contributed by atoms with Crippen LogP contribution in [-0.2, 0) is 16.6 Å².